The van der Waals surface area contributed by atoms with Crippen LogP contribution in [0.4, 0.5) is 4.79 Å². The van der Waals surface area contributed by atoms with E-state index in [1.807, 2.05) is 0 Å². The minimum Gasteiger partial charge on any atom is -0.464 e. The number of urea groups is 1. The maximum atomic E-state index is 13.1. The van der Waals surface area contributed by atoms with Crippen molar-refractivity contribution in [2.45, 2.75) is 25.4 Å². The summed E-state index contributed by atoms with van der Waals surface area (Å²) in [5, 5.41) is 6.01. The molecule has 0 saturated carbocycles. The van der Waals surface area contributed by atoms with Gasteiger partial charge >= 0.3 is 12.0 Å². The van der Waals surface area contributed by atoms with Crippen molar-refractivity contribution in [2.24, 2.45) is 5.73 Å². The zero-order valence-corrected chi connectivity index (χ0v) is 17.4. The molecule has 1 unspecified atom stereocenters. The SMILES string of the molecule is CCOC(=O)C(C)(NC(N)=O)C(=O)NC(c1ccc(Cl)cc1)c1ccc(Cl)cc1. The van der Waals surface area contributed by atoms with Gasteiger partial charge in [-0.25, -0.2) is 9.59 Å². The van der Waals surface area contributed by atoms with Gasteiger partial charge in [-0.1, -0.05) is 47.5 Å². The van der Waals surface area contributed by atoms with E-state index >= 15 is 0 Å². The molecule has 0 aliphatic rings. The van der Waals surface area contributed by atoms with Crippen molar-refractivity contribution in [3.8, 4) is 0 Å². The quantitative estimate of drug-likeness (QED) is 0.456. The Labute approximate surface area is 178 Å². The maximum absolute atomic E-state index is 13.1. The Hall–Kier alpha value is -2.77. The summed E-state index contributed by atoms with van der Waals surface area (Å²) in [6.07, 6.45) is 0. The summed E-state index contributed by atoms with van der Waals surface area (Å²) in [4.78, 5) is 36.9. The number of nitrogens with one attached hydrogen (secondary N) is 2. The molecule has 0 saturated heterocycles. The smallest absolute Gasteiger partial charge is 0.341 e. The lowest BCUT2D eigenvalue weighted by atomic mass is 9.95. The number of benzene rings is 2. The Morgan fingerprint density at radius 2 is 1.45 bits per heavy atom. The van der Waals surface area contributed by atoms with E-state index in [9.17, 15) is 14.4 Å². The first kappa shape index (κ1) is 22.5. The molecule has 0 spiro atoms. The number of ether oxygens (including phenoxy) is 1. The Morgan fingerprint density at radius 3 is 1.83 bits per heavy atom. The Kier molecular flexibility index (Phi) is 7.47. The third-order valence-corrected chi connectivity index (χ3v) is 4.70. The lowest BCUT2D eigenvalue weighted by Gasteiger charge is -2.29. The van der Waals surface area contributed by atoms with Crippen LogP contribution < -0.4 is 16.4 Å². The molecule has 0 aromatic heterocycles. The number of nitrogens with two attached hydrogens (primary N) is 1. The predicted octanol–water partition coefficient (Wildman–Crippen LogP) is 3.19. The number of rotatable bonds is 7. The molecule has 0 fully saturated rings. The molecule has 9 heteroatoms. The number of amides is 3. The van der Waals surface area contributed by atoms with Crippen LogP contribution in [0.1, 0.15) is 31.0 Å². The zero-order valence-electron chi connectivity index (χ0n) is 15.9. The van der Waals surface area contributed by atoms with Gasteiger partial charge in [-0.15, -0.1) is 0 Å². The van der Waals surface area contributed by atoms with Gasteiger partial charge in [0.1, 0.15) is 0 Å². The molecule has 0 aliphatic heterocycles. The predicted molar refractivity (Wildman–Crippen MR) is 111 cm³/mol. The summed E-state index contributed by atoms with van der Waals surface area (Å²) >= 11 is 11.9. The van der Waals surface area contributed by atoms with Crippen molar-refractivity contribution in [3.05, 3.63) is 69.7 Å². The molecule has 0 aliphatic carbocycles. The van der Waals surface area contributed by atoms with Crippen LogP contribution >= 0.6 is 23.2 Å². The minimum absolute atomic E-state index is 0.0277. The highest BCUT2D eigenvalue weighted by atomic mass is 35.5. The van der Waals surface area contributed by atoms with Crippen LogP contribution in [0.3, 0.4) is 0 Å². The average molecular weight is 438 g/mol. The van der Waals surface area contributed by atoms with E-state index in [4.69, 9.17) is 33.7 Å². The maximum Gasteiger partial charge on any atom is 0.341 e. The fourth-order valence-corrected chi connectivity index (χ4v) is 2.92. The Morgan fingerprint density at radius 1 is 1.00 bits per heavy atom. The van der Waals surface area contributed by atoms with Crippen LogP contribution in [-0.2, 0) is 14.3 Å². The standard InChI is InChI=1S/C20H21Cl2N3O4/c1-3-29-18(27)20(2,25-19(23)28)17(26)24-16(12-4-8-14(21)9-5-12)13-6-10-15(22)11-7-13/h4-11,16H,3H2,1-2H3,(H,24,26)(H3,23,25,28). The van der Waals surface area contributed by atoms with Gasteiger partial charge in [-0.2, -0.15) is 0 Å². The molecule has 7 nitrogen and oxygen atoms in total. The van der Waals surface area contributed by atoms with Gasteiger partial charge in [-0.05, 0) is 49.2 Å². The second-order valence-corrected chi connectivity index (χ2v) is 7.22. The summed E-state index contributed by atoms with van der Waals surface area (Å²) < 4.78 is 4.95. The van der Waals surface area contributed by atoms with Crippen LogP contribution in [0, 0.1) is 0 Å². The first-order chi connectivity index (χ1) is 13.7. The molecule has 154 valence electrons. The third-order valence-electron chi connectivity index (χ3n) is 4.19. The normalized spacial score (nSPS) is 12.7. The zero-order chi connectivity index (χ0) is 21.6. The number of halogens is 2. The molecule has 4 N–H and O–H groups in total. The topological polar surface area (TPSA) is 111 Å². The number of hydrogen-bond acceptors (Lipinski definition) is 4. The van der Waals surface area contributed by atoms with Crippen molar-refractivity contribution in [3.63, 3.8) is 0 Å². The van der Waals surface area contributed by atoms with Gasteiger partial charge in [0, 0.05) is 10.0 Å². The fraction of sp³-hybridized carbons (Fsp3) is 0.250. The van der Waals surface area contributed by atoms with E-state index < -0.39 is 29.5 Å². The molecule has 2 aromatic rings. The number of carbonyl (C=O) groups excluding carboxylic acids is 3. The van der Waals surface area contributed by atoms with Gasteiger partial charge in [-0.3, -0.25) is 4.79 Å². The van der Waals surface area contributed by atoms with Crippen molar-refractivity contribution in [2.75, 3.05) is 6.61 Å². The van der Waals surface area contributed by atoms with Gasteiger partial charge < -0.3 is 21.1 Å². The summed E-state index contributed by atoms with van der Waals surface area (Å²) in [6.45, 7) is 2.84. The van der Waals surface area contributed by atoms with Crippen LogP contribution in [0.5, 0.6) is 0 Å². The molecule has 0 heterocycles. The summed E-state index contributed by atoms with van der Waals surface area (Å²) in [5.74, 6) is -1.72. The Bertz CT molecular complexity index is 842. The van der Waals surface area contributed by atoms with Crippen molar-refractivity contribution < 1.29 is 19.1 Å². The monoisotopic (exact) mass is 437 g/mol. The first-order valence-electron chi connectivity index (χ1n) is 8.74. The van der Waals surface area contributed by atoms with E-state index in [-0.39, 0.29) is 6.61 Å². The highest BCUT2D eigenvalue weighted by Crippen LogP contribution is 2.26. The van der Waals surface area contributed by atoms with Crippen LogP contribution in [-0.4, -0.2) is 30.1 Å². The molecule has 3 amide bonds. The lowest BCUT2D eigenvalue weighted by molar-refractivity contribution is -0.154. The number of hydrogen-bond donors (Lipinski definition) is 3. The number of primary amides is 1. The number of esters is 1. The van der Waals surface area contributed by atoms with Crippen LogP contribution in [0.15, 0.2) is 48.5 Å². The molecule has 2 aromatic carbocycles. The Balaban J connectivity index is 2.43. The molecule has 0 bridgehead atoms. The van der Waals surface area contributed by atoms with Crippen molar-refractivity contribution >= 4 is 41.1 Å². The molecule has 0 radical (unpaired) electrons. The van der Waals surface area contributed by atoms with E-state index in [0.717, 1.165) is 0 Å². The second-order valence-electron chi connectivity index (χ2n) is 6.34. The molecule has 1 atom stereocenters. The highest BCUT2D eigenvalue weighted by molar-refractivity contribution is 6.30. The number of carbonyl (C=O) groups is 3. The average Bonchev–Trinajstić information content (AvgIpc) is 2.67. The van der Waals surface area contributed by atoms with Crippen LogP contribution in [0.25, 0.3) is 0 Å². The lowest BCUT2D eigenvalue weighted by Crippen LogP contribution is -2.63. The summed E-state index contributed by atoms with van der Waals surface area (Å²) in [6, 6.07) is 12.0. The van der Waals surface area contributed by atoms with Gasteiger partial charge in [0.05, 0.1) is 12.6 Å². The van der Waals surface area contributed by atoms with E-state index in [0.29, 0.717) is 21.2 Å². The highest BCUT2D eigenvalue weighted by Gasteiger charge is 2.45. The molecule has 29 heavy (non-hydrogen) atoms. The molecule has 2 rings (SSSR count). The van der Waals surface area contributed by atoms with Gasteiger partial charge in [0.2, 0.25) is 5.54 Å². The largest absolute Gasteiger partial charge is 0.464 e. The first-order valence-corrected chi connectivity index (χ1v) is 9.49. The van der Waals surface area contributed by atoms with Crippen molar-refractivity contribution in [1.29, 1.82) is 0 Å². The summed E-state index contributed by atoms with van der Waals surface area (Å²) in [5.41, 5.74) is 4.56. The molecular formula is C20H21Cl2N3O4. The van der Waals surface area contributed by atoms with E-state index in [1.54, 1.807) is 55.5 Å². The second kappa shape index (κ2) is 9.62. The van der Waals surface area contributed by atoms with Crippen LogP contribution in [0.2, 0.25) is 10.0 Å². The van der Waals surface area contributed by atoms with Gasteiger partial charge in [0.15, 0.2) is 0 Å². The van der Waals surface area contributed by atoms with E-state index in [1.165, 1.54) is 6.92 Å². The minimum atomic E-state index is -2.01. The van der Waals surface area contributed by atoms with E-state index in [2.05, 4.69) is 10.6 Å². The fourth-order valence-electron chi connectivity index (χ4n) is 2.67. The third kappa shape index (κ3) is 5.62. The summed E-state index contributed by atoms with van der Waals surface area (Å²) in [7, 11) is 0. The molecular weight excluding hydrogens is 417 g/mol. The van der Waals surface area contributed by atoms with Gasteiger partial charge in [0.25, 0.3) is 5.91 Å². The van der Waals surface area contributed by atoms with Crippen molar-refractivity contribution in [1.82, 2.24) is 10.6 Å².